The van der Waals surface area contributed by atoms with Gasteiger partial charge < -0.3 is 14.6 Å². The van der Waals surface area contributed by atoms with Gasteiger partial charge >= 0.3 is 6.09 Å². The third-order valence-electron chi connectivity index (χ3n) is 2.62. The summed E-state index contributed by atoms with van der Waals surface area (Å²) >= 11 is -1.80. The van der Waals surface area contributed by atoms with Gasteiger partial charge in [-0.3, -0.25) is 0 Å². The molecule has 0 saturated heterocycles. The third kappa shape index (κ3) is 6.07. The van der Waals surface area contributed by atoms with E-state index in [0.717, 1.165) is 25.7 Å². The van der Waals surface area contributed by atoms with Crippen molar-refractivity contribution >= 4 is 17.2 Å². The van der Waals surface area contributed by atoms with Crippen LogP contribution in [0, 0.1) is 0 Å². The molecule has 2 N–H and O–H groups in total. The highest BCUT2D eigenvalue weighted by atomic mass is 32.2. The van der Waals surface area contributed by atoms with Gasteiger partial charge in [-0.15, -0.1) is 0 Å². The van der Waals surface area contributed by atoms with Crippen LogP contribution >= 0.6 is 0 Å². The van der Waals surface area contributed by atoms with Crippen LogP contribution in [-0.4, -0.2) is 33.3 Å². The summed E-state index contributed by atoms with van der Waals surface area (Å²) in [4.78, 5) is 11.3. The lowest BCUT2D eigenvalue weighted by atomic mass is 9.96. The maximum atomic E-state index is 11.3. The topological polar surface area (TPSA) is 75.6 Å². The second-order valence-electron chi connectivity index (χ2n) is 3.99. The van der Waals surface area contributed by atoms with Crippen molar-refractivity contribution in [1.29, 1.82) is 0 Å². The van der Waals surface area contributed by atoms with Gasteiger partial charge in [0, 0.05) is 6.04 Å². The van der Waals surface area contributed by atoms with Crippen molar-refractivity contribution < 1.29 is 18.3 Å². The molecule has 1 unspecified atom stereocenters. The summed E-state index contributed by atoms with van der Waals surface area (Å²) < 4.78 is 23.7. The standard InChI is InChI=1S/C10H19NO4S/c12-10(15-7-4-8-16(13)14)11-9-5-2-1-3-6-9/h9H,1-8H2,(H,11,12)(H,13,14). The van der Waals surface area contributed by atoms with E-state index in [2.05, 4.69) is 5.32 Å². The van der Waals surface area contributed by atoms with Gasteiger partial charge in [0.15, 0.2) is 11.1 Å². The maximum absolute atomic E-state index is 11.3. The van der Waals surface area contributed by atoms with E-state index in [4.69, 9.17) is 9.29 Å². The van der Waals surface area contributed by atoms with Crippen molar-refractivity contribution in [2.45, 2.75) is 44.6 Å². The summed E-state index contributed by atoms with van der Waals surface area (Å²) in [7, 11) is 0. The molecule has 1 rings (SSSR count). The SMILES string of the molecule is O=C(NC1CCCCC1)OCCCS(=O)O. The Kier molecular flexibility index (Phi) is 6.40. The van der Waals surface area contributed by atoms with E-state index in [9.17, 15) is 9.00 Å². The van der Waals surface area contributed by atoms with Crippen LogP contribution in [0.25, 0.3) is 0 Å². The molecule has 5 nitrogen and oxygen atoms in total. The molecule has 1 amide bonds. The molecule has 1 saturated carbocycles. The summed E-state index contributed by atoms with van der Waals surface area (Å²) in [5.41, 5.74) is 0. The summed E-state index contributed by atoms with van der Waals surface area (Å²) in [6, 6.07) is 0.244. The monoisotopic (exact) mass is 249 g/mol. The number of hydrogen-bond donors (Lipinski definition) is 2. The number of amides is 1. The Balaban J connectivity index is 2.03. The summed E-state index contributed by atoms with van der Waals surface area (Å²) in [6.45, 7) is 0.199. The van der Waals surface area contributed by atoms with Gasteiger partial charge in [-0.2, -0.15) is 0 Å². The fourth-order valence-electron chi connectivity index (χ4n) is 1.80. The number of alkyl carbamates (subject to hydrolysis) is 1. The minimum atomic E-state index is -1.80. The molecule has 1 atom stereocenters. The normalized spacial score (nSPS) is 19.1. The zero-order valence-electron chi connectivity index (χ0n) is 9.31. The Morgan fingerprint density at radius 2 is 2.06 bits per heavy atom. The highest BCUT2D eigenvalue weighted by molar-refractivity contribution is 7.79. The van der Waals surface area contributed by atoms with Crippen LogP contribution in [0.2, 0.25) is 0 Å². The zero-order chi connectivity index (χ0) is 11.8. The van der Waals surface area contributed by atoms with E-state index in [1.807, 2.05) is 0 Å². The molecule has 0 bridgehead atoms. The predicted molar refractivity (Wildman–Crippen MR) is 61.6 cm³/mol. The molecular weight excluding hydrogens is 230 g/mol. The molecular formula is C10H19NO4S. The van der Waals surface area contributed by atoms with E-state index < -0.39 is 17.2 Å². The Morgan fingerprint density at radius 3 is 2.69 bits per heavy atom. The number of carbonyl (C=O) groups is 1. The second-order valence-corrected chi connectivity index (χ2v) is 5.05. The molecule has 1 aliphatic carbocycles. The average Bonchev–Trinajstić information content (AvgIpc) is 2.25. The summed E-state index contributed by atoms with van der Waals surface area (Å²) in [5, 5.41) is 2.81. The van der Waals surface area contributed by atoms with Gasteiger partial charge in [0.2, 0.25) is 0 Å². The molecule has 0 spiro atoms. The Bertz CT molecular complexity index is 241. The molecule has 16 heavy (non-hydrogen) atoms. The Labute approximate surface area is 98.2 Å². The van der Waals surface area contributed by atoms with Crippen molar-refractivity contribution in [3.63, 3.8) is 0 Å². The molecule has 0 radical (unpaired) electrons. The predicted octanol–water partition coefficient (Wildman–Crippen LogP) is 1.66. The molecule has 94 valence electrons. The fourth-order valence-corrected chi connectivity index (χ4v) is 2.17. The van der Waals surface area contributed by atoms with Crippen LogP contribution in [0.15, 0.2) is 0 Å². The van der Waals surface area contributed by atoms with Gasteiger partial charge in [-0.05, 0) is 19.3 Å². The van der Waals surface area contributed by atoms with E-state index in [0.29, 0.717) is 6.42 Å². The van der Waals surface area contributed by atoms with E-state index in [1.165, 1.54) is 6.42 Å². The zero-order valence-corrected chi connectivity index (χ0v) is 10.1. The molecule has 6 heteroatoms. The van der Waals surface area contributed by atoms with Crippen molar-refractivity contribution in [3.8, 4) is 0 Å². The van der Waals surface area contributed by atoms with Gasteiger partial charge in [-0.25, -0.2) is 9.00 Å². The van der Waals surface area contributed by atoms with Crippen LogP contribution in [-0.2, 0) is 15.8 Å². The quantitative estimate of drug-likeness (QED) is 0.574. The molecule has 0 aliphatic heterocycles. The highest BCUT2D eigenvalue weighted by Crippen LogP contribution is 2.17. The smallest absolute Gasteiger partial charge is 0.407 e. The fraction of sp³-hybridized carbons (Fsp3) is 0.900. The number of rotatable bonds is 5. The minimum absolute atomic E-state index is 0.150. The highest BCUT2D eigenvalue weighted by Gasteiger charge is 2.15. The first-order valence-electron chi connectivity index (χ1n) is 5.69. The number of nitrogens with one attached hydrogen (secondary N) is 1. The second kappa shape index (κ2) is 7.62. The average molecular weight is 249 g/mol. The molecule has 0 aromatic carbocycles. The van der Waals surface area contributed by atoms with Crippen LogP contribution in [0.1, 0.15) is 38.5 Å². The number of carbonyl (C=O) groups excluding carboxylic acids is 1. The van der Waals surface area contributed by atoms with E-state index >= 15 is 0 Å². The molecule has 1 fully saturated rings. The number of hydrogen-bond acceptors (Lipinski definition) is 3. The van der Waals surface area contributed by atoms with Gasteiger partial charge in [0.25, 0.3) is 0 Å². The van der Waals surface area contributed by atoms with Crippen LogP contribution in [0.4, 0.5) is 4.79 Å². The lowest BCUT2D eigenvalue weighted by Crippen LogP contribution is -2.36. The van der Waals surface area contributed by atoms with Crippen molar-refractivity contribution in [2.75, 3.05) is 12.4 Å². The molecule has 1 aliphatic rings. The van der Waals surface area contributed by atoms with Crippen molar-refractivity contribution in [3.05, 3.63) is 0 Å². The maximum Gasteiger partial charge on any atom is 0.407 e. The van der Waals surface area contributed by atoms with Gasteiger partial charge in [-0.1, -0.05) is 19.3 Å². The Hall–Kier alpha value is -0.620. The molecule has 0 heterocycles. The lowest BCUT2D eigenvalue weighted by molar-refractivity contribution is 0.139. The minimum Gasteiger partial charge on any atom is -0.450 e. The third-order valence-corrected chi connectivity index (χ3v) is 3.26. The first kappa shape index (κ1) is 13.4. The van der Waals surface area contributed by atoms with Crippen LogP contribution in [0.3, 0.4) is 0 Å². The first-order valence-corrected chi connectivity index (χ1v) is 6.97. The van der Waals surface area contributed by atoms with Crippen molar-refractivity contribution in [2.24, 2.45) is 0 Å². The summed E-state index contributed by atoms with van der Waals surface area (Å²) in [6.07, 6.45) is 5.63. The summed E-state index contributed by atoms with van der Waals surface area (Å²) in [5.74, 6) is 0.150. The van der Waals surface area contributed by atoms with Crippen molar-refractivity contribution in [1.82, 2.24) is 5.32 Å². The van der Waals surface area contributed by atoms with Gasteiger partial charge in [0.05, 0.1) is 12.4 Å². The largest absolute Gasteiger partial charge is 0.450 e. The van der Waals surface area contributed by atoms with Gasteiger partial charge in [0.1, 0.15) is 0 Å². The first-order chi connectivity index (χ1) is 7.68. The van der Waals surface area contributed by atoms with E-state index in [-0.39, 0.29) is 18.4 Å². The van der Waals surface area contributed by atoms with Crippen LogP contribution < -0.4 is 5.32 Å². The van der Waals surface area contributed by atoms with E-state index in [1.54, 1.807) is 0 Å². The van der Waals surface area contributed by atoms with Crippen LogP contribution in [0.5, 0.6) is 0 Å². The Morgan fingerprint density at radius 1 is 1.38 bits per heavy atom. The molecule has 0 aromatic rings. The number of ether oxygens (including phenoxy) is 1. The molecule has 0 aromatic heterocycles. The lowest BCUT2D eigenvalue weighted by Gasteiger charge is -2.22.